The minimum atomic E-state index is -3.69. The Morgan fingerprint density at radius 1 is 0.929 bits per heavy atom. The molecule has 0 bridgehead atoms. The molecule has 0 saturated heterocycles. The van der Waals surface area contributed by atoms with E-state index >= 15 is 0 Å². The van der Waals surface area contributed by atoms with Crippen LogP contribution in [0.5, 0.6) is 0 Å². The predicted molar refractivity (Wildman–Crippen MR) is 112 cm³/mol. The highest BCUT2D eigenvalue weighted by Gasteiger charge is 2.21. The fraction of sp³-hybridized carbons (Fsp3) is 0.0952. The lowest BCUT2D eigenvalue weighted by molar-refractivity contribution is -0.115. The van der Waals surface area contributed by atoms with Gasteiger partial charge in [-0.15, -0.1) is 0 Å². The van der Waals surface area contributed by atoms with Crippen molar-refractivity contribution in [1.29, 1.82) is 0 Å². The van der Waals surface area contributed by atoms with E-state index in [0.717, 1.165) is 11.3 Å². The quantitative estimate of drug-likeness (QED) is 0.652. The van der Waals surface area contributed by atoms with Crippen molar-refractivity contribution in [3.05, 3.63) is 89.4 Å². The number of para-hydroxylation sites is 1. The Hall–Kier alpha value is -2.83. The summed E-state index contributed by atoms with van der Waals surface area (Å²) < 4.78 is 26.7. The van der Waals surface area contributed by atoms with E-state index in [2.05, 4.69) is 5.32 Å². The van der Waals surface area contributed by atoms with Crippen LogP contribution in [0.1, 0.15) is 5.56 Å². The molecule has 0 unspecified atom stereocenters. The summed E-state index contributed by atoms with van der Waals surface area (Å²) in [6, 6.07) is 22.1. The smallest absolute Gasteiger partial charge is 0.264 e. The van der Waals surface area contributed by atoms with Crippen LogP contribution in [0.15, 0.2) is 83.8 Å². The molecule has 0 fully saturated rings. The second-order valence-corrected chi connectivity index (χ2v) is 8.59. The maximum Gasteiger partial charge on any atom is 0.264 e. The normalized spacial score (nSPS) is 11.1. The largest absolute Gasteiger partial charge is 0.326 e. The van der Waals surface area contributed by atoms with E-state index in [1.165, 1.54) is 35.6 Å². The molecule has 5 nitrogen and oxygen atoms in total. The minimum absolute atomic E-state index is 0.138. The van der Waals surface area contributed by atoms with E-state index < -0.39 is 10.0 Å². The third-order valence-electron chi connectivity index (χ3n) is 4.19. The zero-order chi connectivity index (χ0) is 20.1. The van der Waals surface area contributed by atoms with Gasteiger partial charge in [0.1, 0.15) is 0 Å². The van der Waals surface area contributed by atoms with Gasteiger partial charge in [0.25, 0.3) is 10.0 Å². The number of hydrogen-bond acceptors (Lipinski definition) is 3. The zero-order valence-electron chi connectivity index (χ0n) is 15.2. The van der Waals surface area contributed by atoms with Crippen molar-refractivity contribution in [2.45, 2.75) is 11.3 Å². The summed E-state index contributed by atoms with van der Waals surface area (Å²) >= 11 is 5.83. The number of carbonyl (C=O) groups is 1. The van der Waals surface area contributed by atoms with Crippen LogP contribution in [-0.2, 0) is 21.2 Å². The summed E-state index contributed by atoms with van der Waals surface area (Å²) in [5.41, 5.74) is 2.02. The number of halogens is 1. The average Bonchev–Trinajstić information content (AvgIpc) is 2.69. The number of carbonyl (C=O) groups excluding carboxylic acids is 1. The molecule has 28 heavy (non-hydrogen) atoms. The molecule has 3 aromatic carbocycles. The van der Waals surface area contributed by atoms with Crippen LogP contribution < -0.4 is 9.62 Å². The number of nitrogens with zero attached hydrogens (tertiary/aromatic N) is 1. The average molecular weight is 415 g/mol. The third-order valence-corrected chi connectivity index (χ3v) is 6.25. The van der Waals surface area contributed by atoms with Gasteiger partial charge >= 0.3 is 0 Å². The third kappa shape index (κ3) is 4.71. The Kier molecular flexibility index (Phi) is 6.02. The number of amides is 1. The monoisotopic (exact) mass is 414 g/mol. The van der Waals surface area contributed by atoms with Gasteiger partial charge in [-0.3, -0.25) is 9.10 Å². The summed E-state index contributed by atoms with van der Waals surface area (Å²) in [6.45, 7) is 0. The van der Waals surface area contributed by atoms with Crippen LogP contribution in [0.4, 0.5) is 11.4 Å². The zero-order valence-corrected chi connectivity index (χ0v) is 16.7. The number of rotatable bonds is 6. The molecule has 0 spiro atoms. The van der Waals surface area contributed by atoms with Crippen molar-refractivity contribution >= 4 is 38.9 Å². The van der Waals surface area contributed by atoms with Crippen molar-refractivity contribution in [2.75, 3.05) is 16.7 Å². The Balaban J connectivity index is 1.69. The molecule has 3 aromatic rings. The molecule has 0 aliphatic rings. The Morgan fingerprint density at radius 2 is 1.54 bits per heavy atom. The first kappa shape index (κ1) is 19.9. The molecule has 0 atom stereocenters. The molecule has 0 radical (unpaired) electrons. The molecule has 0 aliphatic heterocycles. The minimum Gasteiger partial charge on any atom is -0.326 e. The van der Waals surface area contributed by atoms with Crippen LogP contribution in [0.2, 0.25) is 5.02 Å². The van der Waals surface area contributed by atoms with Gasteiger partial charge in [0.15, 0.2) is 0 Å². The van der Waals surface area contributed by atoms with Gasteiger partial charge in [-0.05, 0) is 54.1 Å². The first-order valence-electron chi connectivity index (χ1n) is 8.54. The highest BCUT2D eigenvalue weighted by atomic mass is 35.5. The van der Waals surface area contributed by atoms with Crippen LogP contribution in [0.3, 0.4) is 0 Å². The van der Waals surface area contributed by atoms with E-state index in [1.807, 2.05) is 30.3 Å². The van der Waals surface area contributed by atoms with Gasteiger partial charge in [-0.25, -0.2) is 8.42 Å². The molecule has 1 amide bonds. The van der Waals surface area contributed by atoms with Crippen LogP contribution in [0, 0.1) is 0 Å². The summed E-state index contributed by atoms with van der Waals surface area (Å²) in [6.07, 6.45) is 0.197. The number of nitrogens with one attached hydrogen (secondary N) is 1. The fourth-order valence-electron chi connectivity index (χ4n) is 2.64. The maximum absolute atomic E-state index is 12.7. The summed E-state index contributed by atoms with van der Waals surface area (Å²) in [4.78, 5) is 12.3. The van der Waals surface area contributed by atoms with Crippen LogP contribution in [0.25, 0.3) is 0 Å². The number of sulfonamides is 1. The van der Waals surface area contributed by atoms with E-state index in [9.17, 15) is 13.2 Å². The second kappa shape index (κ2) is 8.46. The van der Waals surface area contributed by atoms with Crippen molar-refractivity contribution < 1.29 is 13.2 Å². The lowest BCUT2D eigenvalue weighted by Crippen LogP contribution is -2.26. The van der Waals surface area contributed by atoms with Crippen molar-refractivity contribution in [1.82, 2.24) is 0 Å². The fourth-order valence-corrected chi connectivity index (χ4v) is 3.96. The first-order chi connectivity index (χ1) is 13.4. The highest BCUT2D eigenvalue weighted by Crippen LogP contribution is 2.23. The Labute approximate surface area is 169 Å². The number of anilines is 2. The molecule has 0 aliphatic carbocycles. The summed E-state index contributed by atoms with van der Waals surface area (Å²) in [5, 5.41) is 3.29. The van der Waals surface area contributed by atoms with Crippen molar-refractivity contribution in [3.8, 4) is 0 Å². The highest BCUT2D eigenvalue weighted by molar-refractivity contribution is 7.92. The standard InChI is InChI=1S/C21H19ClN2O3S/c1-24(28(26,27)20-13-9-17(22)10-14-20)19-11-7-16(8-12-19)15-21(25)23-18-5-3-2-4-6-18/h2-14H,15H2,1H3,(H,23,25). The van der Waals surface area contributed by atoms with Crippen molar-refractivity contribution in [3.63, 3.8) is 0 Å². The van der Waals surface area contributed by atoms with E-state index in [1.54, 1.807) is 24.3 Å². The molecule has 144 valence electrons. The lowest BCUT2D eigenvalue weighted by atomic mass is 10.1. The van der Waals surface area contributed by atoms with Gasteiger partial charge in [-0.2, -0.15) is 0 Å². The molecule has 0 heterocycles. The SMILES string of the molecule is CN(c1ccc(CC(=O)Nc2ccccc2)cc1)S(=O)(=O)c1ccc(Cl)cc1. The lowest BCUT2D eigenvalue weighted by Gasteiger charge is -2.20. The Bertz CT molecular complexity index is 1050. The maximum atomic E-state index is 12.7. The number of benzene rings is 3. The molecule has 0 saturated carbocycles. The molecular formula is C21H19ClN2O3S. The van der Waals surface area contributed by atoms with Gasteiger partial charge in [0.2, 0.25) is 5.91 Å². The van der Waals surface area contributed by atoms with E-state index in [0.29, 0.717) is 10.7 Å². The number of hydrogen-bond donors (Lipinski definition) is 1. The van der Waals surface area contributed by atoms with Crippen molar-refractivity contribution in [2.24, 2.45) is 0 Å². The summed E-state index contributed by atoms with van der Waals surface area (Å²) in [7, 11) is -2.20. The van der Waals surface area contributed by atoms with E-state index in [4.69, 9.17) is 11.6 Å². The van der Waals surface area contributed by atoms with Crippen LogP contribution >= 0.6 is 11.6 Å². The van der Waals surface area contributed by atoms with Gasteiger partial charge < -0.3 is 5.32 Å². The van der Waals surface area contributed by atoms with Gasteiger partial charge in [0.05, 0.1) is 17.0 Å². The first-order valence-corrected chi connectivity index (χ1v) is 10.4. The summed E-state index contributed by atoms with van der Waals surface area (Å²) in [5.74, 6) is -0.138. The topological polar surface area (TPSA) is 66.5 Å². The molecule has 3 rings (SSSR count). The predicted octanol–water partition coefficient (Wildman–Crippen LogP) is 4.35. The van der Waals surface area contributed by atoms with E-state index in [-0.39, 0.29) is 17.2 Å². The molecule has 0 aromatic heterocycles. The molecular weight excluding hydrogens is 396 g/mol. The van der Waals surface area contributed by atoms with Crippen LogP contribution in [-0.4, -0.2) is 21.4 Å². The Morgan fingerprint density at radius 3 is 2.14 bits per heavy atom. The second-order valence-electron chi connectivity index (χ2n) is 6.18. The van der Waals surface area contributed by atoms with Gasteiger partial charge in [-0.1, -0.05) is 41.9 Å². The molecule has 7 heteroatoms. The molecule has 1 N–H and O–H groups in total. The van der Waals surface area contributed by atoms with Gasteiger partial charge in [0, 0.05) is 17.8 Å².